The minimum atomic E-state index is -0.790. The molecule has 3 heteroatoms. The second kappa shape index (κ2) is 5.98. The molecule has 0 radical (unpaired) electrons. The van der Waals surface area contributed by atoms with Gasteiger partial charge in [0.1, 0.15) is 0 Å². The second-order valence-electron chi connectivity index (χ2n) is 5.63. The van der Waals surface area contributed by atoms with E-state index < -0.39 is 5.79 Å². The third-order valence-corrected chi connectivity index (χ3v) is 3.90. The van der Waals surface area contributed by atoms with Crippen LogP contribution in [0.3, 0.4) is 0 Å². The van der Waals surface area contributed by atoms with Crippen molar-refractivity contribution < 1.29 is 9.47 Å². The second-order valence-corrected chi connectivity index (χ2v) is 5.63. The predicted octanol–water partition coefficient (Wildman–Crippen LogP) is 3.15. The maximum Gasteiger partial charge on any atom is 0.207 e. The number of ether oxygens (including phenoxy) is 2. The largest absolute Gasteiger partial charge is 0.344 e. The van der Waals surface area contributed by atoms with Crippen molar-refractivity contribution >= 4 is 0 Å². The molecule has 1 fully saturated rings. The monoisotopic (exact) mass is 283 g/mol. The van der Waals surface area contributed by atoms with Crippen LogP contribution in [-0.2, 0) is 15.3 Å². The van der Waals surface area contributed by atoms with Crippen LogP contribution in [-0.4, -0.2) is 19.8 Å². The van der Waals surface area contributed by atoms with Crippen molar-refractivity contribution in [2.75, 3.05) is 19.8 Å². The molecule has 0 atom stereocenters. The van der Waals surface area contributed by atoms with Gasteiger partial charge in [-0.05, 0) is 11.1 Å². The standard InChI is InChI=1S/C18H21NO2/c1-14-11-20-18(13-19,21-12-14)17-9-7-16(8-10-17)15-5-3-2-4-6-15/h2-10,14H,11-13,19H2,1H3. The van der Waals surface area contributed by atoms with E-state index in [4.69, 9.17) is 15.2 Å². The normalized spacial score (nSPS) is 25.7. The summed E-state index contributed by atoms with van der Waals surface area (Å²) in [5.41, 5.74) is 9.27. The van der Waals surface area contributed by atoms with Crippen LogP contribution in [0, 0.1) is 5.92 Å². The van der Waals surface area contributed by atoms with Gasteiger partial charge in [0.05, 0.1) is 19.8 Å². The Kier molecular flexibility index (Phi) is 4.06. The minimum Gasteiger partial charge on any atom is -0.344 e. The first-order chi connectivity index (χ1) is 10.2. The van der Waals surface area contributed by atoms with Crippen LogP contribution in [0.4, 0.5) is 0 Å². The van der Waals surface area contributed by atoms with Gasteiger partial charge in [-0.3, -0.25) is 0 Å². The van der Waals surface area contributed by atoms with E-state index in [0.717, 1.165) is 5.56 Å². The first-order valence-corrected chi connectivity index (χ1v) is 7.37. The molecule has 1 heterocycles. The van der Waals surface area contributed by atoms with Crippen LogP contribution in [0.15, 0.2) is 54.6 Å². The summed E-state index contributed by atoms with van der Waals surface area (Å²) >= 11 is 0. The molecule has 0 unspecified atom stereocenters. The number of nitrogens with two attached hydrogens (primary N) is 1. The predicted molar refractivity (Wildman–Crippen MR) is 83.7 cm³/mol. The van der Waals surface area contributed by atoms with Gasteiger partial charge in [-0.2, -0.15) is 0 Å². The van der Waals surface area contributed by atoms with E-state index in [1.54, 1.807) is 0 Å². The number of hydrogen-bond acceptors (Lipinski definition) is 3. The summed E-state index contributed by atoms with van der Waals surface area (Å²) in [4.78, 5) is 0. The Hall–Kier alpha value is -1.68. The SMILES string of the molecule is CC1COC(CN)(c2ccc(-c3ccccc3)cc2)OC1. The fourth-order valence-electron chi connectivity index (χ4n) is 2.59. The van der Waals surface area contributed by atoms with Crippen molar-refractivity contribution in [1.82, 2.24) is 0 Å². The fraction of sp³-hybridized carbons (Fsp3) is 0.333. The zero-order chi connectivity index (χ0) is 14.7. The molecule has 2 N–H and O–H groups in total. The molecule has 0 amide bonds. The highest BCUT2D eigenvalue weighted by Crippen LogP contribution is 2.32. The van der Waals surface area contributed by atoms with E-state index in [2.05, 4.69) is 31.2 Å². The topological polar surface area (TPSA) is 44.5 Å². The van der Waals surface area contributed by atoms with E-state index in [-0.39, 0.29) is 0 Å². The quantitative estimate of drug-likeness (QED) is 0.941. The molecule has 1 aliphatic heterocycles. The van der Waals surface area contributed by atoms with Crippen molar-refractivity contribution in [2.24, 2.45) is 11.7 Å². The van der Waals surface area contributed by atoms with Crippen molar-refractivity contribution in [3.63, 3.8) is 0 Å². The van der Waals surface area contributed by atoms with Crippen LogP contribution in [0.2, 0.25) is 0 Å². The van der Waals surface area contributed by atoms with Gasteiger partial charge in [0.2, 0.25) is 5.79 Å². The van der Waals surface area contributed by atoms with E-state index in [1.165, 1.54) is 11.1 Å². The lowest BCUT2D eigenvalue weighted by atomic mass is 9.99. The fourth-order valence-corrected chi connectivity index (χ4v) is 2.59. The maximum atomic E-state index is 5.91. The highest BCUT2D eigenvalue weighted by molar-refractivity contribution is 5.63. The molecule has 1 saturated heterocycles. The van der Waals surface area contributed by atoms with Crippen LogP contribution in [0.5, 0.6) is 0 Å². The molecule has 21 heavy (non-hydrogen) atoms. The third kappa shape index (κ3) is 2.86. The Morgan fingerprint density at radius 2 is 1.52 bits per heavy atom. The Bertz CT molecular complexity index is 572. The van der Waals surface area contributed by atoms with Gasteiger partial charge in [-0.15, -0.1) is 0 Å². The van der Waals surface area contributed by atoms with Crippen molar-refractivity contribution in [3.05, 3.63) is 60.2 Å². The Labute approximate surface area is 125 Å². The summed E-state index contributed by atoms with van der Waals surface area (Å²) in [5, 5.41) is 0. The molecule has 1 aliphatic rings. The highest BCUT2D eigenvalue weighted by Gasteiger charge is 2.37. The van der Waals surface area contributed by atoms with Gasteiger partial charge in [-0.1, -0.05) is 61.5 Å². The number of rotatable bonds is 3. The summed E-state index contributed by atoms with van der Waals surface area (Å²) < 4.78 is 11.8. The van der Waals surface area contributed by atoms with E-state index in [1.807, 2.05) is 30.3 Å². The molecule has 2 aromatic carbocycles. The lowest BCUT2D eigenvalue weighted by Crippen LogP contribution is -2.46. The number of benzene rings is 2. The third-order valence-electron chi connectivity index (χ3n) is 3.90. The molecule has 0 saturated carbocycles. The Morgan fingerprint density at radius 1 is 0.952 bits per heavy atom. The molecule has 0 spiro atoms. The molecule has 3 rings (SSSR count). The van der Waals surface area contributed by atoms with Gasteiger partial charge in [0.25, 0.3) is 0 Å². The molecular formula is C18H21NO2. The molecule has 0 aromatic heterocycles. The first-order valence-electron chi connectivity index (χ1n) is 7.37. The number of hydrogen-bond donors (Lipinski definition) is 1. The molecular weight excluding hydrogens is 262 g/mol. The summed E-state index contributed by atoms with van der Waals surface area (Å²) in [6.45, 7) is 3.79. The summed E-state index contributed by atoms with van der Waals surface area (Å²) in [6, 6.07) is 18.6. The zero-order valence-corrected chi connectivity index (χ0v) is 12.3. The first kappa shape index (κ1) is 14.3. The van der Waals surface area contributed by atoms with Crippen molar-refractivity contribution in [3.8, 4) is 11.1 Å². The van der Waals surface area contributed by atoms with Crippen LogP contribution < -0.4 is 5.73 Å². The van der Waals surface area contributed by atoms with Gasteiger partial charge in [0.15, 0.2) is 0 Å². The van der Waals surface area contributed by atoms with Gasteiger partial charge in [0, 0.05) is 11.5 Å². The van der Waals surface area contributed by atoms with Crippen LogP contribution >= 0.6 is 0 Å². The van der Waals surface area contributed by atoms with Crippen molar-refractivity contribution in [1.29, 1.82) is 0 Å². The molecule has 2 aromatic rings. The lowest BCUT2D eigenvalue weighted by molar-refractivity contribution is -0.284. The molecule has 0 aliphatic carbocycles. The van der Waals surface area contributed by atoms with E-state index in [9.17, 15) is 0 Å². The van der Waals surface area contributed by atoms with Gasteiger partial charge in [-0.25, -0.2) is 0 Å². The van der Waals surface area contributed by atoms with Crippen LogP contribution in [0.25, 0.3) is 11.1 Å². The lowest BCUT2D eigenvalue weighted by Gasteiger charge is -2.39. The van der Waals surface area contributed by atoms with E-state index >= 15 is 0 Å². The minimum absolute atomic E-state index is 0.324. The van der Waals surface area contributed by atoms with Gasteiger partial charge < -0.3 is 15.2 Å². The average molecular weight is 283 g/mol. The van der Waals surface area contributed by atoms with Crippen molar-refractivity contribution in [2.45, 2.75) is 12.7 Å². The summed E-state index contributed by atoms with van der Waals surface area (Å²) in [6.07, 6.45) is 0. The van der Waals surface area contributed by atoms with E-state index in [0.29, 0.717) is 25.7 Å². The molecule has 3 nitrogen and oxygen atoms in total. The molecule has 0 bridgehead atoms. The Morgan fingerprint density at radius 3 is 2.10 bits per heavy atom. The summed E-state index contributed by atoms with van der Waals surface area (Å²) in [7, 11) is 0. The summed E-state index contributed by atoms with van der Waals surface area (Å²) in [5.74, 6) is -0.380. The average Bonchev–Trinajstić information content (AvgIpc) is 2.57. The smallest absolute Gasteiger partial charge is 0.207 e. The Balaban J connectivity index is 1.86. The maximum absolute atomic E-state index is 5.91. The van der Waals surface area contributed by atoms with Gasteiger partial charge >= 0.3 is 0 Å². The molecule has 110 valence electrons. The zero-order valence-electron chi connectivity index (χ0n) is 12.3. The highest BCUT2D eigenvalue weighted by atomic mass is 16.7. The van der Waals surface area contributed by atoms with Crippen LogP contribution in [0.1, 0.15) is 12.5 Å².